The zero-order valence-electron chi connectivity index (χ0n) is 16.1. The van der Waals surface area contributed by atoms with E-state index in [1.54, 1.807) is 31.3 Å². The van der Waals surface area contributed by atoms with E-state index in [1.807, 2.05) is 0 Å². The predicted octanol–water partition coefficient (Wildman–Crippen LogP) is 1.79. The molecule has 0 aliphatic carbocycles. The first-order valence-electron chi connectivity index (χ1n) is 9.12. The molecular weight excluding hydrogens is 405 g/mol. The lowest BCUT2D eigenvalue weighted by molar-refractivity contribution is -0.273. The summed E-state index contributed by atoms with van der Waals surface area (Å²) in [5.41, 5.74) is -2.19. The van der Waals surface area contributed by atoms with E-state index in [-0.39, 0.29) is 36.2 Å². The van der Waals surface area contributed by atoms with E-state index in [9.17, 15) is 23.1 Å². The van der Waals surface area contributed by atoms with Gasteiger partial charge in [0, 0.05) is 18.8 Å². The first-order chi connectivity index (χ1) is 14.1. The maximum Gasteiger partial charge on any atom is 0.422 e. The van der Waals surface area contributed by atoms with Crippen LogP contribution in [0.25, 0.3) is 0 Å². The van der Waals surface area contributed by atoms with Crippen molar-refractivity contribution in [2.45, 2.75) is 37.6 Å². The zero-order valence-corrected chi connectivity index (χ0v) is 16.1. The Morgan fingerprint density at radius 2 is 2.10 bits per heavy atom. The number of nitrogens with one attached hydrogen (secondary N) is 1. The Labute approximate surface area is 169 Å². The number of aliphatic hydroxyl groups excluding tert-OH is 1. The summed E-state index contributed by atoms with van der Waals surface area (Å²) in [6.07, 6.45) is -5.10. The van der Waals surface area contributed by atoms with Gasteiger partial charge in [-0.25, -0.2) is 9.97 Å². The van der Waals surface area contributed by atoms with Gasteiger partial charge in [-0.2, -0.15) is 13.2 Å². The van der Waals surface area contributed by atoms with E-state index in [4.69, 9.17) is 9.47 Å². The Hall–Kier alpha value is -2.76. The van der Waals surface area contributed by atoms with Crippen molar-refractivity contribution < 1.29 is 32.5 Å². The summed E-state index contributed by atoms with van der Waals surface area (Å²) in [5.74, 6) is -0.186. The number of benzene rings is 1. The number of anilines is 1. The number of ether oxygens (including phenoxy) is 2. The molecule has 160 valence electrons. The maximum absolute atomic E-state index is 13.5. The van der Waals surface area contributed by atoms with Gasteiger partial charge in [-0.1, -0.05) is 12.1 Å². The molecule has 0 radical (unpaired) electrons. The Balaban J connectivity index is 1.56. The average molecular weight is 424 g/mol. The topological polar surface area (TPSA) is 96.8 Å². The van der Waals surface area contributed by atoms with Crippen molar-refractivity contribution in [3.8, 4) is 5.75 Å². The second-order valence-electron chi connectivity index (χ2n) is 7.22. The molecule has 2 aliphatic rings. The number of aromatic nitrogens is 2. The van der Waals surface area contributed by atoms with Gasteiger partial charge in [0.15, 0.2) is 12.1 Å². The highest BCUT2D eigenvalue weighted by Crippen LogP contribution is 2.46. The number of amides is 1. The third-order valence-corrected chi connectivity index (χ3v) is 5.26. The summed E-state index contributed by atoms with van der Waals surface area (Å²) >= 11 is 0. The van der Waals surface area contributed by atoms with Crippen molar-refractivity contribution in [3.05, 3.63) is 47.5 Å². The van der Waals surface area contributed by atoms with Crippen LogP contribution in [-0.2, 0) is 21.7 Å². The summed E-state index contributed by atoms with van der Waals surface area (Å²) in [6.45, 7) is 0.503. The normalized spacial score (nSPS) is 24.7. The Morgan fingerprint density at radius 3 is 2.83 bits per heavy atom. The fourth-order valence-electron chi connectivity index (χ4n) is 3.42. The zero-order chi connectivity index (χ0) is 21.7. The fraction of sp³-hybridized carbons (Fsp3) is 0.421. The van der Waals surface area contributed by atoms with Gasteiger partial charge in [-0.3, -0.25) is 10.1 Å². The number of aliphatic hydroxyl groups is 1. The highest BCUT2D eigenvalue weighted by atomic mass is 19.4. The largest absolute Gasteiger partial charge is 0.489 e. The second-order valence-corrected chi connectivity index (χ2v) is 7.22. The van der Waals surface area contributed by atoms with Gasteiger partial charge in [-0.15, -0.1) is 0 Å². The van der Waals surface area contributed by atoms with Crippen molar-refractivity contribution in [2.24, 2.45) is 0 Å². The smallest absolute Gasteiger partial charge is 0.422 e. The summed E-state index contributed by atoms with van der Waals surface area (Å²) in [5, 5.41) is 13.1. The molecule has 0 bridgehead atoms. The molecule has 2 N–H and O–H groups in total. The minimum absolute atomic E-state index is 0.0917. The predicted molar refractivity (Wildman–Crippen MR) is 97.5 cm³/mol. The van der Waals surface area contributed by atoms with E-state index in [0.717, 1.165) is 6.92 Å². The number of nitrogens with zero attached hydrogens (tertiary/aromatic N) is 3. The van der Waals surface area contributed by atoms with Gasteiger partial charge in [0.05, 0.1) is 18.0 Å². The standard InChI is InChI=1S/C19H19F3N4O4/c1-18(19(20,21)22)14-10(8-30-18)7-23-15(25-14)16(27)24-11-9-29-13-6-4-3-5-12(13)26(2)17(11)28/h3-7,11,16,24,27H,8-9H2,1-2H3/t11-,16?,18-/m0/s1. The molecule has 0 fully saturated rings. The maximum atomic E-state index is 13.5. The number of carbonyl (C=O) groups excluding carboxylic acids is 1. The number of halogens is 3. The van der Waals surface area contributed by atoms with Gasteiger partial charge < -0.3 is 19.5 Å². The van der Waals surface area contributed by atoms with Gasteiger partial charge >= 0.3 is 6.18 Å². The Morgan fingerprint density at radius 1 is 1.37 bits per heavy atom. The fourth-order valence-corrected chi connectivity index (χ4v) is 3.42. The van der Waals surface area contributed by atoms with E-state index < -0.39 is 24.0 Å². The summed E-state index contributed by atoms with van der Waals surface area (Å²) in [6, 6.07) is 5.97. The summed E-state index contributed by atoms with van der Waals surface area (Å²) in [7, 11) is 1.56. The number of carbonyl (C=O) groups is 1. The minimum atomic E-state index is -4.69. The highest BCUT2D eigenvalue weighted by molar-refractivity contribution is 5.98. The first kappa shape index (κ1) is 20.5. The van der Waals surface area contributed by atoms with Crippen LogP contribution in [0.3, 0.4) is 0 Å². The van der Waals surface area contributed by atoms with Gasteiger partial charge in [-0.05, 0) is 19.1 Å². The molecule has 0 saturated heterocycles. The summed E-state index contributed by atoms with van der Waals surface area (Å²) < 4.78 is 51.0. The van der Waals surface area contributed by atoms with Gasteiger partial charge in [0.2, 0.25) is 11.5 Å². The molecule has 1 amide bonds. The Kier molecular flexibility index (Phi) is 4.91. The van der Waals surface area contributed by atoms with Crippen molar-refractivity contribution >= 4 is 11.6 Å². The van der Waals surface area contributed by atoms with Crippen LogP contribution in [0.1, 0.15) is 30.2 Å². The number of para-hydroxylation sites is 2. The SMILES string of the molecule is CN1C(=O)[C@@H](NC(O)c2ncc3c(n2)[C@@](C)(C(F)(F)F)OC3)COc2ccccc21. The number of alkyl halides is 3. The van der Waals surface area contributed by atoms with Crippen LogP contribution in [0, 0.1) is 0 Å². The first-order valence-corrected chi connectivity index (χ1v) is 9.12. The van der Waals surface area contributed by atoms with E-state index in [2.05, 4.69) is 15.3 Å². The number of likely N-dealkylation sites (N-methyl/N-ethyl adjacent to an activating group) is 1. The molecular formula is C19H19F3N4O4. The molecule has 0 spiro atoms. The second kappa shape index (κ2) is 7.18. The molecule has 2 aromatic rings. The van der Waals surface area contributed by atoms with Crippen LogP contribution in [0.4, 0.5) is 18.9 Å². The number of hydrogen-bond acceptors (Lipinski definition) is 7. The van der Waals surface area contributed by atoms with Crippen LogP contribution in [0.5, 0.6) is 5.75 Å². The number of fused-ring (bicyclic) bond motifs is 2. The highest BCUT2D eigenvalue weighted by Gasteiger charge is 2.58. The lowest BCUT2D eigenvalue weighted by Gasteiger charge is -2.27. The number of rotatable bonds is 3. The van der Waals surface area contributed by atoms with Crippen molar-refractivity contribution in [1.29, 1.82) is 0 Å². The van der Waals surface area contributed by atoms with Crippen LogP contribution < -0.4 is 15.0 Å². The molecule has 1 aromatic carbocycles. The van der Waals surface area contributed by atoms with Gasteiger partial charge in [0.1, 0.15) is 18.4 Å². The molecule has 4 rings (SSSR count). The lowest BCUT2D eigenvalue weighted by Crippen LogP contribution is -2.48. The van der Waals surface area contributed by atoms with Crippen molar-refractivity contribution in [3.63, 3.8) is 0 Å². The molecule has 30 heavy (non-hydrogen) atoms. The minimum Gasteiger partial charge on any atom is -0.489 e. The molecule has 1 aromatic heterocycles. The molecule has 3 atom stereocenters. The van der Waals surface area contributed by atoms with Crippen molar-refractivity contribution in [1.82, 2.24) is 15.3 Å². The van der Waals surface area contributed by atoms with Crippen LogP contribution in [-0.4, -0.2) is 46.9 Å². The Bertz CT molecular complexity index is 986. The lowest BCUT2D eigenvalue weighted by atomic mass is 10.0. The molecule has 3 heterocycles. The van der Waals surface area contributed by atoms with Crippen LogP contribution in [0.15, 0.2) is 30.5 Å². The third kappa shape index (κ3) is 3.28. The molecule has 1 unspecified atom stereocenters. The number of hydrogen-bond donors (Lipinski definition) is 2. The monoisotopic (exact) mass is 424 g/mol. The van der Waals surface area contributed by atoms with E-state index >= 15 is 0 Å². The van der Waals surface area contributed by atoms with E-state index in [0.29, 0.717) is 11.4 Å². The van der Waals surface area contributed by atoms with Crippen molar-refractivity contribution in [2.75, 3.05) is 18.6 Å². The molecule has 8 nitrogen and oxygen atoms in total. The quantitative estimate of drug-likeness (QED) is 0.725. The molecule has 2 aliphatic heterocycles. The molecule has 0 saturated carbocycles. The van der Waals surface area contributed by atoms with Crippen LogP contribution >= 0.6 is 0 Å². The van der Waals surface area contributed by atoms with Gasteiger partial charge in [0.25, 0.3) is 0 Å². The summed E-state index contributed by atoms with van der Waals surface area (Å²) in [4.78, 5) is 22.0. The van der Waals surface area contributed by atoms with Crippen LogP contribution in [0.2, 0.25) is 0 Å². The third-order valence-electron chi connectivity index (χ3n) is 5.26. The molecule has 11 heteroatoms. The average Bonchev–Trinajstić information content (AvgIpc) is 3.02. The van der Waals surface area contributed by atoms with E-state index in [1.165, 1.54) is 11.1 Å².